The average molecular weight is 484 g/mol. The molecule has 1 N–H and O–H groups in total. The summed E-state index contributed by atoms with van der Waals surface area (Å²) in [4.78, 5) is 33.4. The molecule has 3 rings (SSSR count). The fraction of sp³-hybridized carbons (Fsp3) is 0.375. The van der Waals surface area contributed by atoms with E-state index < -0.39 is 10.9 Å². The normalized spacial score (nSPS) is 10.6. The van der Waals surface area contributed by atoms with E-state index in [9.17, 15) is 14.9 Å². The number of nitro groups is 1. The van der Waals surface area contributed by atoms with Crippen molar-refractivity contribution in [1.29, 1.82) is 0 Å². The van der Waals surface area contributed by atoms with Gasteiger partial charge >= 0.3 is 11.7 Å². The summed E-state index contributed by atoms with van der Waals surface area (Å²) in [5.41, 5.74) is 0.702. The van der Waals surface area contributed by atoms with E-state index in [1.165, 1.54) is 12.6 Å². The highest BCUT2D eigenvalue weighted by Gasteiger charge is 2.28. The van der Waals surface area contributed by atoms with Gasteiger partial charge in [-0.1, -0.05) is 18.2 Å². The topological polar surface area (TPSA) is 133 Å². The van der Waals surface area contributed by atoms with Gasteiger partial charge in [-0.3, -0.25) is 14.9 Å². The molecule has 0 aliphatic heterocycles. The summed E-state index contributed by atoms with van der Waals surface area (Å²) in [5, 5.41) is 15.1. The van der Waals surface area contributed by atoms with Crippen LogP contribution < -0.4 is 15.0 Å². The molecule has 0 aliphatic rings. The summed E-state index contributed by atoms with van der Waals surface area (Å²) in [6.45, 7) is 5.16. The number of hydrogen-bond donors (Lipinski definition) is 1. The lowest BCUT2D eigenvalue weighted by molar-refractivity contribution is -0.383. The highest BCUT2D eigenvalue weighted by Crippen LogP contribution is 2.33. The predicted octanol–water partition coefficient (Wildman–Crippen LogP) is 3.99. The van der Waals surface area contributed by atoms with Gasteiger partial charge in [-0.2, -0.15) is 0 Å². The zero-order valence-corrected chi connectivity index (χ0v) is 19.8. The maximum Gasteiger partial charge on any atom is 0.353 e. The van der Waals surface area contributed by atoms with Crippen molar-refractivity contribution in [2.75, 3.05) is 36.5 Å². The molecule has 2 aromatic heterocycles. The largest absolute Gasteiger partial charge is 0.494 e. The summed E-state index contributed by atoms with van der Waals surface area (Å²) in [5.74, 6) is 1.12. The Balaban J connectivity index is 1.82. The number of rotatable bonds is 14. The molecule has 2 heterocycles. The lowest BCUT2D eigenvalue weighted by Crippen LogP contribution is -2.28. The second kappa shape index (κ2) is 12.9. The van der Waals surface area contributed by atoms with Crippen molar-refractivity contribution in [2.45, 2.75) is 33.2 Å². The molecule has 3 aromatic rings. The molecule has 0 spiro atoms. The molecular weight excluding hydrogens is 454 g/mol. The van der Waals surface area contributed by atoms with Crippen LogP contribution in [0.2, 0.25) is 0 Å². The van der Waals surface area contributed by atoms with Gasteiger partial charge in [0.2, 0.25) is 11.6 Å². The Morgan fingerprint density at radius 1 is 1.17 bits per heavy atom. The van der Waals surface area contributed by atoms with Crippen LogP contribution >= 0.6 is 0 Å². The second-order valence-corrected chi connectivity index (χ2v) is 7.43. The first-order chi connectivity index (χ1) is 17.0. The van der Waals surface area contributed by atoms with E-state index in [1.807, 2.05) is 31.2 Å². The Morgan fingerprint density at radius 3 is 2.71 bits per heavy atom. The molecule has 1 aromatic carbocycles. The number of benzene rings is 1. The van der Waals surface area contributed by atoms with E-state index in [0.29, 0.717) is 25.3 Å². The Morgan fingerprint density at radius 2 is 2.00 bits per heavy atom. The van der Waals surface area contributed by atoms with Gasteiger partial charge in [0, 0.05) is 13.1 Å². The minimum atomic E-state index is -0.523. The number of nitrogens with one attached hydrogen (secondary N) is 1. The van der Waals surface area contributed by atoms with Crippen LogP contribution in [0.5, 0.6) is 5.75 Å². The van der Waals surface area contributed by atoms with Crippen LogP contribution in [-0.4, -0.2) is 47.2 Å². The third-order valence-electron chi connectivity index (χ3n) is 5.06. The number of ether oxygens (including phenoxy) is 2. The summed E-state index contributed by atoms with van der Waals surface area (Å²) in [6, 6.07) is 11.1. The van der Waals surface area contributed by atoms with E-state index in [2.05, 4.69) is 15.3 Å². The lowest BCUT2D eigenvalue weighted by Gasteiger charge is -2.22. The summed E-state index contributed by atoms with van der Waals surface area (Å²) in [7, 11) is 0. The van der Waals surface area contributed by atoms with Crippen molar-refractivity contribution in [2.24, 2.45) is 0 Å². The zero-order chi connectivity index (χ0) is 25.0. The van der Waals surface area contributed by atoms with E-state index >= 15 is 0 Å². The Labute approximate surface area is 203 Å². The number of nitrogens with zero attached hydrogens (tertiary/aromatic N) is 4. The maximum atomic E-state index is 12.1. The minimum absolute atomic E-state index is 0.0344. The first kappa shape index (κ1) is 25.5. The molecule has 186 valence electrons. The molecule has 0 amide bonds. The van der Waals surface area contributed by atoms with Crippen LogP contribution in [0, 0.1) is 10.1 Å². The Bertz CT molecular complexity index is 1110. The number of anilines is 2. The standard InChI is InChI=1S/C24H29N5O6/c1-3-33-20-10-6-5-8-18(20)11-13-25-23-22(29(31)32)24(27-17-26-23)28(14-12-21(30)34-4-2)16-19-9-7-15-35-19/h5-10,15,17H,3-4,11-14,16H2,1-2H3,(H,25,26,27). The molecule has 0 fully saturated rings. The van der Waals surface area contributed by atoms with Gasteiger partial charge < -0.3 is 24.1 Å². The number of carbonyl (C=O) groups is 1. The molecule has 0 atom stereocenters. The fourth-order valence-electron chi connectivity index (χ4n) is 3.53. The molecule has 0 radical (unpaired) electrons. The summed E-state index contributed by atoms with van der Waals surface area (Å²) >= 11 is 0. The van der Waals surface area contributed by atoms with E-state index in [4.69, 9.17) is 13.9 Å². The average Bonchev–Trinajstić information content (AvgIpc) is 3.36. The van der Waals surface area contributed by atoms with Crippen LogP contribution in [0.3, 0.4) is 0 Å². The zero-order valence-electron chi connectivity index (χ0n) is 19.8. The monoisotopic (exact) mass is 483 g/mol. The number of hydrogen-bond acceptors (Lipinski definition) is 10. The number of esters is 1. The van der Waals surface area contributed by atoms with Crippen LogP contribution in [0.15, 0.2) is 53.4 Å². The minimum Gasteiger partial charge on any atom is -0.494 e. The molecule has 0 saturated carbocycles. The van der Waals surface area contributed by atoms with E-state index in [1.54, 1.807) is 24.0 Å². The molecule has 0 saturated heterocycles. The maximum absolute atomic E-state index is 12.1. The molecule has 0 aliphatic carbocycles. The van der Waals surface area contributed by atoms with Crippen LogP contribution in [0.4, 0.5) is 17.3 Å². The van der Waals surface area contributed by atoms with Crippen LogP contribution in [0.25, 0.3) is 0 Å². The van der Waals surface area contributed by atoms with Crippen molar-refractivity contribution in [1.82, 2.24) is 9.97 Å². The van der Waals surface area contributed by atoms with Gasteiger partial charge in [0.15, 0.2) is 0 Å². The molecule has 0 bridgehead atoms. The third-order valence-corrected chi connectivity index (χ3v) is 5.06. The van der Waals surface area contributed by atoms with Crippen molar-refractivity contribution >= 4 is 23.3 Å². The molecule has 0 unspecified atom stereocenters. The number of para-hydroxylation sites is 1. The molecule has 35 heavy (non-hydrogen) atoms. The highest BCUT2D eigenvalue weighted by molar-refractivity contribution is 5.73. The van der Waals surface area contributed by atoms with Crippen molar-refractivity contribution in [3.05, 3.63) is 70.4 Å². The number of carbonyl (C=O) groups excluding carboxylic acids is 1. The molecule has 11 nitrogen and oxygen atoms in total. The van der Waals surface area contributed by atoms with Gasteiger partial charge in [0.25, 0.3) is 0 Å². The smallest absolute Gasteiger partial charge is 0.353 e. The Hall–Kier alpha value is -4.15. The van der Waals surface area contributed by atoms with Crippen molar-refractivity contribution in [3.63, 3.8) is 0 Å². The van der Waals surface area contributed by atoms with Crippen LogP contribution in [-0.2, 0) is 22.5 Å². The quantitative estimate of drug-likeness (QED) is 0.204. The van der Waals surface area contributed by atoms with Gasteiger partial charge in [0.1, 0.15) is 17.8 Å². The van der Waals surface area contributed by atoms with Gasteiger partial charge in [-0.15, -0.1) is 0 Å². The Kier molecular flexibility index (Phi) is 9.40. The molecular formula is C24H29N5O6. The third kappa shape index (κ3) is 7.16. The van der Waals surface area contributed by atoms with Gasteiger partial charge in [-0.05, 0) is 44.0 Å². The van der Waals surface area contributed by atoms with Crippen LogP contribution in [0.1, 0.15) is 31.6 Å². The molecule has 11 heteroatoms. The van der Waals surface area contributed by atoms with Gasteiger partial charge in [0.05, 0.1) is 37.4 Å². The number of aromatic nitrogens is 2. The lowest BCUT2D eigenvalue weighted by atomic mass is 10.1. The van der Waals surface area contributed by atoms with E-state index in [-0.39, 0.29) is 43.4 Å². The van der Waals surface area contributed by atoms with E-state index in [0.717, 1.165) is 11.3 Å². The summed E-state index contributed by atoms with van der Waals surface area (Å²) < 4.78 is 16.1. The fourth-order valence-corrected chi connectivity index (χ4v) is 3.53. The highest BCUT2D eigenvalue weighted by atomic mass is 16.6. The van der Waals surface area contributed by atoms with Gasteiger partial charge in [-0.25, -0.2) is 9.97 Å². The van der Waals surface area contributed by atoms with Crippen molar-refractivity contribution in [3.8, 4) is 5.75 Å². The first-order valence-corrected chi connectivity index (χ1v) is 11.4. The first-order valence-electron chi connectivity index (χ1n) is 11.4. The number of furan rings is 1. The summed E-state index contributed by atoms with van der Waals surface area (Å²) in [6.07, 6.45) is 3.39. The SMILES string of the molecule is CCOC(=O)CCN(Cc1ccco1)c1ncnc(NCCc2ccccc2OCC)c1[N+](=O)[O-]. The van der Waals surface area contributed by atoms with Crippen molar-refractivity contribution < 1.29 is 23.6 Å². The second-order valence-electron chi connectivity index (χ2n) is 7.43. The predicted molar refractivity (Wildman–Crippen MR) is 129 cm³/mol.